The maximum Gasteiger partial charge on any atom is 0.236 e. The molecule has 25 heavy (non-hydrogen) atoms. The average molecular weight is 348 g/mol. The minimum Gasteiger partial charge on any atom is -0.370 e. The smallest absolute Gasteiger partial charge is 0.236 e. The van der Waals surface area contributed by atoms with Gasteiger partial charge in [-0.1, -0.05) is 17.3 Å². The Morgan fingerprint density at radius 2 is 2.16 bits per heavy atom. The Morgan fingerprint density at radius 3 is 2.84 bits per heavy atom. The molecule has 1 fully saturated rings. The van der Waals surface area contributed by atoms with Crippen molar-refractivity contribution in [3.63, 3.8) is 0 Å². The van der Waals surface area contributed by atoms with Crippen molar-refractivity contribution in [3.05, 3.63) is 47.4 Å². The molecule has 0 radical (unpaired) electrons. The van der Waals surface area contributed by atoms with E-state index >= 15 is 0 Å². The fraction of sp³-hybridized carbons (Fsp3) is 0.471. The third-order valence-corrected chi connectivity index (χ3v) is 4.05. The van der Waals surface area contributed by atoms with E-state index in [0.29, 0.717) is 38.0 Å². The number of carbonyl (C=O) groups is 1. The van der Waals surface area contributed by atoms with Gasteiger partial charge in [0.15, 0.2) is 5.82 Å². The Labute approximate surface area is 145 Å². The minimum absolute atomic E-state index is 0.0122. The zero-order valence-corrected chi connectivity index (χ0v) is 14.3. The van der Waals surface area contributed by atoms with Crippen LogP contribution in [0.5, 0.6) is 0 Å². The second kappa shape index (κ2) is 7.71. The summed E-state index contributed by atoms with van der Waals surface area (Å²) in [5.74, 6) is 0.785. The summed E-state index contributed by atoms with van der Waals surface area (Å²) in [4.78, 5) is 20.3. The number of ether oxygens (including phenoxy) is 1. The standard InChI is InChI=1S/C17H21FN4O3/c1-12-19-16(20-25-12)10-21(2)11-17(23)22-7-8-24-15(9-22)13-3-5-14(18)6-4-13/h3-6,15H,7-11H2,1-2H3. The molecule has 0 bridgehead atoms. The van der Waals surface area contributed by atoms with Crippen molar-refractivity contribution < 1.29 is 18.4 Å². The molecule has 1 saturated heterocycles. The number of amides is 1. The highest BCUT2D eigenvalue weighted by Gasteiger charge is 2.26. The van der Waals surface area contributed by atoms with Crippen molar-refractivity contribution in [1.29, 1.82) is 0 Å². The Bertz CT molecular complexity index is 719. The van der Waals surface area contributed by atoms with E-state index in [-0.39, 0.29) is 24.4 Å². The second-order valence-electron chi connectivity index (χ2n) is 6.15. The maximum absolute atomic E-state index is 13.1. The molecule has 0 N–H and O–H groups in total. The molecule has 1 atom stereocenters. The quantitative estimate of drug-likeness (QED) is 0.816. The molecule has 2 aromatic rings. The maximum atomic E-state index is 13.1. The number of morpholine rings is 1. The highest BCUT2D eigenvalue weighted by atomic mass is 19.1. The first kappa shape index (κ1) is 17.5. The van der Waals surface area contributed by atoms with Gasteiger partial charge in [0.05, 0.1) is 26.2 Å². The molecular weight excluding hydrogens is 327 g/mol. The normalized spacial score (nSPS) is 17.9. The predicted molar refractivity (Wildman–Crippen MR) is 87.0 cm³/mol. The number of benzene rings is 1. The molecular formula is C17H21FN4O3. The van der Waals surface area contributed by atoms with E-state index in [9.17, 15) is 9.18 Å². The molecule has 8 heteroatoms. The van der Waals surface area contributed by atoms with E-state index in [1.807, 2.05) is 11.9 Å². The van der Waals surface area contributed by atoms with Gasteiger partial charge in [-0.3, -0.25) is 9.69 Å². The highest BCUT2D eigenvalue weighted by molar-refractivity contribution is 5.78. The van der Waals surface area contributed by atoms with Crippen LogP contribution in [-0.4, -0.2) is 59.1 Å². The lowest BCUT2D eigenvalue weighted by Gasteiger charge is -2.34. The highest BCUT2D eigenvalue weighted by Crippen LogP contribution is 2.22. The molecule has 1 aliphatic heterocycles. The summed E-state index contributed by atoms with van der Waals surface area (Å²) < 4.78 is 23.7. The van der Waals surface area contributed by atoms with Gasteiger partial charge in [0, 0.05) is 13.5 Å². The molecule has 3 rings (SSSR count). The van der Waals surface area contributed by atoms with Crippen LogP contribution in [0.3, 0.4) is 0 Å². The first-order valence-electron chi connectivity index (χ1n) is 8.14. The fourth-order valence-corrected chi connectivity index (χ4v) is 2.79. The predicted octanol–water partition coefficient (Wildman–Crippen LogP) is 1.55. The Kier molecular flexibility index (Phi) is 5.40. The zero-order chi connectivity index (χ0) is 17.8. The van der Waals surface area contributed by atoms with Crippen molar-refractivity contribution in [1.82, 2.24) is 19.9 Å². The van der Waals surface area contributed by atoms with Crippen molar-refractivity contribution in [3.8, 4) is 0 Å². The number of hydrogen-bond acceptors (Lipinski definition) is 6. The third-order valence-electron chi connectivity index (χ3n) is 4.05. The van der Waals surface area contributed by atoms with E-state index in [1.54, 1.807) is 24.0 Å². The number of rotatable bonds is 5. The number of hydrogen-bond donors (Lipinski definition) is 0. The van der Waals surface area contributed by atoms with Gasteiger partial charge in [-0.15, -0.1) is 0 Å². The summed E-state index contributed by atoms with van der Waals surface area (Å²) in [6.45, 7) is 3.89. The summed E-state index contributed by atoms with van der Waals surface area (Å²) in [7, 11) is 1.83. The Hall–Kier alpha value is -2.32. The molecule has 0 saturated carbocycles. The van der Waals surface area contributed by atoms with Crippen LogP contribution in [0, 0.1) is 12.7 Å². The van der Waals surface area contributed by atoms with Crippen LogP contribution >= 0.6 is 0 Å². The first-order valence-corrected chi connectivity index (χ1v) is 8.14. The monoisotopic (exact) mass is 348 g/mol. The summed E-state index contributed by atoms with van der Waals surface area (Å²) in [5, 5.41) is 3.83. The minimum atomic E-state index is -0.286. The van der Waals surface area contributed by atoms with Crippen LogP contribution in [0.2, 0.25) is 0 Å². The van der Waals surface area contributed by atoms with E-state index < -0.39 is 0 Å². The molecule has 0 aliphatic carbocycles. The van der Waals surface area contributed by atoms with Crippen molar-refractivity contribution >= 4 is 5.91 Å². The number of halogens is 1. The summed E-state index contributed by atoms with van der Waals surface area (Å²) in [5.41, 5.74) is 0.870. The van der Waals surface area contributed by atoms with Gasteiger partial charge < -0.3 is 14.2 Å². The second-order valence-corrected chi connectivity index (χ2v) is 6.15. The zero-order valence-electron chi connectivity index (χ0n) is 14.3. The lowest BCUT2D eigenvalue weighted by molar-refractivity contribution is -0.140. The first-order chi connectivity index (χ1) is 12.0. The van der Waals surface area contributed by atoms with Gasteiger partial charge in [-0.2, -0.15) is 4.98 Å². The Balaban J connectivity index is 1.55. The average Bonchev–Trinajstić information content (AvgIpc) is 3.00. The van der Waals surface area contributed by atoms with Crippen LogP contribution in [0.4, 0.5) is 4.39 Å². The lowest BCUT2D eigenvalue weighted by atomic mass is 10.1. The van der Waals surface area contributed by atoms with E-state index in [0.717, 1.165) is 5.56 Å². The molecule has 1 aromatic carbocycles. The van der Waals surface area contributed by atoms with Gasteiger partial charge in [0.2, 0.25) is 11.8 Å². The molecule has 0 spiro atoms. The third kappa shape index (κ3) is 4.61. The molecule has 134 valence electrons. The van der Waals surface area contributed by atoms with Gasteiger partial charge in [0.25, 0.3) is 0 Å². The largest absolute Gasteiger partial charge is 0.370 e. The number of aromatic nitrogens is 2. The Morgan fingerprint density at radius 1 is 1.40 bits per heavy atom. The number of aryl methyl sites for hydroxylation is 1. The SMILES string of the molecule is Cc1nc(CN(C)CC(=O)N2CCOC(c3ccc(F)cc3)C2)no1. The van der Waals surface area contributed by atoms with Crippen LogP contribution in [0.1, 0.15) is 23.4 Å². The van der Waals surface area contributed by atoms with Crippen LogP contribution < -0.4 is 0 Å². The van der Waals surface area contributed by atoms with E-state index in [1.165, 1.54) is 12.1 Å². The summed E-state index contributed by atoms with van der Waals surface area (Å²) >= 11 is 0. The van der Waals surface area contributed by atoms with Crippen LogP contribution in [-0.2, 0) is 16.1 Å². The summed E-state index contributed by atoms with van der Waals surface area (Å²) in [6.07, 6.45) is -0.233. The van der Waals surface area contributed by atoms with Crippen molar-refractivity contribution in [2.24, 2.45) is 0 Å². The van der Waals surface area contributed by atoms with Gasteiger partial charge in [-0.25, -0.2) is 4.39 Å². The van der Waals surface area contributed by atoms with E-state index in [4.69, 9.17) is 9.26 Å². The number of likely N-dealkylation sites (N-methyl/N-ethyl adjacent to an activating group) is 1. The van der Waals surface area contributed by atoms with Gasteiger partial charge in [-0.05, 0) is 24.7 Å². The lowest BCUT2D eigenvalue weighted by Crippen LogP contribution is -2.46. The molecule has 1 aliphatic rings. The fourth-order valence-electron chi connectivity index (χ4n) is 2.79. The van der Waals surface area contributed by atoms with Crippen LogP contribution in [0.15, 0.2) is 28.8 Å². The topological polar surface area (TPSA) is 71.7 Å². The molecule has 1 amide bonds. The van der Waals surface area contributed by atoms with Crippen LogP contribution in [0.25, 0.3) is 0 Å². The van der Waals surface area contributed by atoms with Gasteiger partial charge >= 0.3 is 0 Å². The van der Waals surface area contributed by atoms with E-state index in [2.05, 4.69) is 10.1 Å². The number of carbonyl (C=O) groups excluding carboxylic acids is 1. The van der Waals surface area contributed by atoms with Crippen molar-refractivity contribution in [2.45, 2.75) is 19.6 Å². The summed E-state index contributed by atoms with van der Waals surface area (Å²) in [6, 6.07) is 6.19. The number of nitrogens with zero attached hydrogens (tertiary/aromatic N) is 4. The van der Waals surface area contributed by atoms with Crippen molar-refractivity contribution in [2.75, 3.05) is 33.3 Å². The molecule has 2 heterocycles. The molecule has 1 unspecified atom stereocenters. The van der Waals surface area contributed by atoms with Gasteiger partial charge in [0.1, 0.15) is 11.9 Å². The molecule has 7 nitrogen and oxygen atoms in total. The molecule has 1 aromatic heterocycles.